The van der Waals surface area contributed by atoms with E-state index in [-0.39, 0.29) is 19.2 Å². The molecular weight excluding hydrogens is 366 g/mol. The highest BCUT2D eigenvalue weighted by Crippen LogP contribution is 2.19. The van der Waals surface area contributed by atoms with E-state index in [1.54, 1.807) is 54.5 Å². The van der Waals surface area contributed by atoms with E-state index < -0.39 is 23.4 Å². The van der Waals surface area contributed by atoms with Crippen LogP contribution in [0.4, 0.5) is 15.5 Å². The number of aliphatic hydroxyl groups is 2. The standard InChI is InChI=1S/C17H27N3O5.C2H6O/c1-16(2,3)24-14(22)20(15(23)25-17(4,5)6)13-18-10-9-12(19-13)8-7-11-21;1-2-3/h9-10,21H,7-8,11H2,1-6H3;3H,2H2,1H3. The van der Waals surface area contributed by atoms with Gasteiger partial charge in [-0.25, -0.2) is 19.6 Å². The van der Waals surface area contributed by atoms with E-state index in [0.29, 0.717) is 23.4 Å². The molecule has 160 valence electrons. The van der Waals surface area contributed by atoms with Crippen LogP contribution in [0.1, 0.15) is 60.6 Å². The molecular formula is C19H33N3O6. The molecule has 0 aromatic carbocycles. The number of ether oxygens (including phenoxy) is 2. The number of anilines is 1. The molecule has 1 rings (SSSR count). The zero-order chi connectivity index (χ0) is 22.0. The number of aryl methyl sites for hydroxylation is 1. The van der Waals surface area contributed by atoms with Crippen LogP contribution in [-0.2, 0) is 15.9 Å². The van der Waals surface area contributed by atoms with E-state index in [9.17, 15) is 9.59 Å². The van der Waals surface area contributed by atoms with Crippen LogP contribution in [-0.4, -0.2) is 56.8 Å². The number of rotatable bonds is 4. The summed E-state index contributed by atoms with van der Waals surface area (Å²) in [5, 5.41) is 16.5. The van der Waals surface area contributed by atoms with Crippen molar-refractivity contribution in [3.63, 3.8) is 0 Å². The van der Waals surface area contributed by atoms with Crippen LogP contribution < -0.4 is 4.90 Å². The van der Waals surface area contributed by atoms with Gasteiger partial charge in [-0.2, -0.15) is 0 Å². The van der Waals surface area contributed by atoms with Gasteiger partial charge < -0.3 is 19.7 Å². The Hall–Kier alpha value is -2.26. The summed E-state index contributed by atoms with van der Waals surface area (Å²) in [6.45, 7) is 12.1. The molecule has 0 spiro atoms. The molecule has 0 saturated carbocycles. The van der Waals surface area contributed by atoms with Crippen molar-refractivity contribution in [2.24, 2.45) is 0 Å². The molecule has 2 amide bonds. The maximum atomic E-state index is 12.5. The predicted octanol–water partition coefficient (Wildman–Crippen LogP) is 3.08. The Morgan fingerprint density at radius 1 is 1.04 bits per heavy atom. The fourth-order valence-electron chi connectivity index (χ4n) is 1.74. The largest absolute Gasteiger partial charge is 0.443 e. The molecule has 28 heavy (non-hydrogen) atoms. The van der Waals surface area contributed by atoms with E-state index in [1.807, 2.05) is 0 Å². The predicted molar refractivity (Wildman–Crippen MR) is 105 cm³/mol. The molecule has 0 aliphatic rings. The third-order valence-electron chi connectivity index (χ3n) is 2.64. The number of nitrogens with zero attached hydrogens (tertiary/aromatic N) is 3. The first-order valence-electron chi connectivity index (χ1n) is 9.14. The topological polar surface area (TPSA) is 122 Å². The van der Waals surface area contributed by atoms with E-state index in [4.69, 9.17) is 19.7 Å². The number of hydrogen-bond donors (Lipinski definition) is 2. The smallest absolute Gasteiger partial charge is 0.427 e. The van der Waals surface area contributed by atoms with Crippen LogP contribution >= 0.6 is 0 Å². The molecule has 1 aromatic rings. The molecule has 0 unspecified atom stereocenters. The van der Waals surface area contributed by atoms with Crippen molar-refractivity contribution >= 4 is 18.1 Å². The normalized spacial score (nSPS) is 11.2. The number of hydrogen-bond acceptors (Lipinski definition) is 8. The maximum absolute atomic E-state index is 12.5. The Labute approximate surface area is 166 Å². The van der Waals surface area contributed by atoms with Gasteiger partial charge in [0.15, 0.2) is 0 Å². The Balaban J connectivity index is 0.00000227. The van der Waals surface area contributed by atoms with Gasteiger partial charge in [-0.3, -0.25) is 0 Å². The summed E-state index contributed by atoms with van der Waals surface area (Å²) >= 11 is 0. The minimum atomic E-state index is -0.916. The van der Waals surface area contributed by atoms with E-state index in [0.717, 1.165) is 0 Å². The Bertz CT molecular complexity index is 595. The lowest BCUT2D eigenvalue weighted by Gasteiger charge is -2.27. The number of carbonyl (C=O) groups is 2. The van der Waals surface area contributed by atoms with Gasteiger partial charge >= 0.3 is 12.2 Å². The number of aromatic nitrogens is 2. The Kier molecular flexibility index (Phi) is 10.6. The highest BCUT2D eigenvalue weighted by molar-refractivity contribution is 6.08. The third-order valence-corrected chi connectivity index (χ3v) is 2.64. The second-order valence-electron chi connectivity index (χ2n) is 7.79. The van der Waals surface area contributed by atoms with Crippen LogP contribution in [0.3, 0.4) is 0 Å². The van der Waals surface area contributed by atoms with Crippen LogP contribution in [0.25, 0.3) is 0 Å². The lowest BCUT2D eigenvalue weighted by Crippen LogP contribution is -2.44. The quantitative estimate of drug-likeness (QED) is 0.792. The second kappa shape index (κ2) is 11.6. The molecule has 9 nitrogen and oxygen atoms in total. The Morgan fingerprint density at radius 3 is 1.89 bits per heavy atom. The molecule has 0 aliphatic carbocycles. The van der Waals surface area contributed by atoms with Crippen LogP contribution in [0.15, 0.2) is 12.3 Å². The summed E-state index contributed by atoms with van der Waals surface area (Å²) in [7, 11) is 0. The number of amides is 2. The summed E-state index contributed by atoms with van der Waals surface area (Å²) < 4.78 is 10.6. The minimum Gasteiger partial charge on any atom is -0.443 e. The number of carbonyl (C=O) groups excluding carboxylic acids is 2. The van der Waals surface area contributed by atoms with Crippen LogP contribution in [0.2, 0.25) is 0 Å². The van der Waals surface area contributed by atoms with Crippen molar-refractivity contribution in [1.82, 2.24) is 9.97 Å². The summed E-state index contributed by atoms with van der Waals surface area (Å²) in [5.41, 5.74) is -1.01. The highest BCUT2D eigenvalue weighted by atomic mass is 16.6. The summed E-state index contributed by atoms with van der Waals surface area (Å²) in [5.74, 6) is -0.126. The van der Waals surface area contributed by atoms with Gasteiger partial charge in [0.05, 0.1) is 0 Å². The van der Waals surface area contributed by atoms with Gasteiger partial charge in [-0.05, 0) is 67.4 Å². The summed E-state index contributed by atoms with van der Waals surface area (Å²) in [6.07, 6.45) is 0.608. The van der Waals surface area contributed by atoms with Gasteiger partial charge in [-0.1, -0.05) is 0 Å². The van der Waals surface area contributed by atoms with Crippen molar-refractivity contribution in [1.29, 1.82) is 0 Å². The number of imide groups is 1. The fourth-order valence-corrected chi connectivity index (χ4v) is 1.74. The third kappa shape index (κ3) is 10.8. The lowest BCUT2D eigenvalue weighted by molar-refractivity contribution is 0.0427. The average Bonchev–Trinajstić information content (AvgIpc) is 2.50. The SMILES string of the molecule is CC(C)(C)OC(=O)N(C(=O)OC(C)(C)C)c1nccc(CCCO)n1.CCO. The molecule has 2 N–H and O–H groups in total. The monoisotopic (exact) mass is 399 g/mol. The van der Waals surface area contributed by atoms with E-state index in [1.165, 1.54) is 6.20 Å². The molecule has 1 heterocycles. The minimum absolute atomic E-state index is 0.0151. The van der Waals surface area contributed by atoms with Crippen LogP contribution in [0.5, 0.6) is 0 Å². The fraction of sp³-hybridized carbons (Fsp3) is 0.684. The molecule has 0 atom stereocenters. The Morgan fingerprint density at radius 2 is 1.50 bits per heavy atom. The highest BCUT2D eigenvalue weighted by Gasteiger charge is 2.34. The summed E-state index contributed by atoms with van der Waals surface area (Å²) in [4.78, 5) is 33.9. The first-order valence-corrected chi connectivity index (χ1v) is 9.14. The van der Waals surface area contributed by atoms with E-state index >= 15 is 0 Å². The molecule has 0 saturated heterocycles. The van der Waals surface area contributed by atoms with Gasteiger partial charge in [0, 0.05) is 25.1 Å². The zero-order valence-electron chi connectivity index (χ0n) is 17.9. The van der Waals surface area contributed by atoms with Crippen molar-refractivity contribution in [2.45, 2.75) is 72.5 Å². The van der Waals surface area contributed by atoms with E-state index in [2.05, 4.69) is 9.97 Å². The molecule has 0 fully saturated rings. The first-order chi connectivity index (χ1) is 12.8. The number of aliphatic hydroxyl groups excluding tert-OH is 2. The second-order valence-corrected chi connectivity index (χ2v) is 7.79. The average molecular weight is 399 g/mol. The van der Waals surface area contributed by atoms with Gasteiger partial charge in [-0.15, -0.1) is 4.90 Å². The van der Waals surface area contributed by atoms with Gasteiger partial charge in [0.1, 0.15) is 11.2 Å². The van der Waals surface area contributed by atoms with Crippen molar-refractivity contribution in [2.75, 3.05) is 18.1 Å². The molecule has 0 radical (unpaired) electrons. The van der Waals surface area contributed by atoms with Crippen molar-refractivity contribution in [3.05, 3.63) is 18.0 Å². The maximum Gasteiger partial charge on any atom is 0.427 e. The van der Waals surface area contributed by atoms with Crippen LogP contribution in [0, 0.1) is 0 Å². The molecule has 9 heteroatoms. The first kappa shape index (κ1) is 25.7. The van der Waals surface area contributed by atoms with Gasteiger partial charge in [0.25, 0.3) is 0 Å². The van der Waals surface area contributed by atoms with Gasteiger partial charge in [0.2, 0.25) is 5.95 Å². The summed E-state index contributed by atoms with van der Waals surface area (Å²) in [6, 6.07) is 1.65. The molecule has 0 bridgehead atoms. The van der Waals surface area contributed by atoms with Crippen molar-refractivity contribution in [3.8, 4) is 0 Å². The molecule has 0 aliphatic heterocycles. The molecule has 1 aromatic heterocycles. The zero-order valence-corrected chi connectivity index (χ0v) is 17.9. The van der Waals surface area contributed by atoms with Crippen molar-refractivity contribution < 1.29 is 29.3 Å². The lowest BCUT2D eigenvalue weighted by atomic mass is 10.2.